The highest BCUT2D eigenvalue weighted by Gasteiger charge is 2.32. The zero-order valence-corrected chi connectivity index (χ0v) is 18.7. The van der Waals surface area contributed by atoms with E-state index in [1.54, 1.807) is 19.1 Å². The Bertz CT molecular complexity index is 1210. The Labute approximate surface area is 186 Å². The highest BCUT2D eigenvalue weighted by atomic mass is 35.5. The van der Waals surface area contributed by atoms with E-state index in [2.05, 4.69) is 4.98 Å². The number of pyridine rings is 1. The largest absolute Gasteiger partial charge is 0.466 e. The fourth-order valence-electron chi connectivity index (χ4n) is 4.00. The van der Waals surface area contributed by atoms with Gasteiger partial charge in [0.05, 0.1) is 28.6 Å². The molecule has 1 fully saturated rings. The minimum Gasteiger partial charge on any atom is -0.466 e. The van der Waals surface area contributed by atoms with Crippen LogP contribution in [0.15, 0.2) is 64.5 Å². The molecule has 0 spiro atoms. The molecule has 4 rings (SSSR count). The number of rotatable bonds is 5. The van der Waals surface area contributed by atoms with Crippen LogP contribution in [-0.2, 0) is 19.4 Å². The number of anilines is 1. The van der Waals surface area contributed by atoms with E-state index < -0.39 is 9.84 Å². The van der Waals surface area contributed by atoms with Crippen LogP contribution in [0.5, 0.6) is 0 Å². The van der Waals surface area contributed by atoms with Crippen LogP contribution in [-0.4, -0.2) is 39.1 Å². The van der Waals surface area contributed by atoms with Crippen LogP contribution in [0.4, 0.5) is 5.69 Å². The van der Waals surface area contributed by atoms with E-state index in [0.29, 0.717) is 35.9 Å². The Kier molecular flexibility index (Phi) is 6.16. The predicted molar refractivity (Wildman–Crippen MR) is 120 cm³/mol. The van der Waals surface area contributed by atoms with Crippen molar-refractivity contribution in [3.05, 3.63) is 59.8 Å². The van der Waals surface area contributed by atoms with Crippen molar-refractivity contribution < 1.29 is 17.9 Å². The van der Waals surface area contributed by atoms with E-state index in [9.17, 15) is 13.2 Å². The van der Waals surface area contributed by atoms with Gasteiger partial charge in [0.25, 0.3) is 0 Å². The second-order valence-electron chi connectivity index (χ2n) is 7.48. The van der Waals surface area contributed by atoms with Gasteiger partial charge < -0.3 is 9.64 Å². The number of ether oxygens (including phenoxy) is 1. The number of benzene rings is 2. The summed E-state index contributed by atoms with van der Waals surface area (Å²) in [5.41, 5.74) is 1.28. The van der Waals surface area contributed by atoms with Gasteiger partial charge in [-0.3, -0.25) is 9.78 Å². The third kappa shape index (κ3) is 4.25. The van der Waals surface area contributed by atoms with Gasteiger partial charge in [0.1, 0.15) is 4.90 Å². The number of esters is 1. The SMILES string of the molecule is CCOC(=O)C1CCCN(c2c(S(=O)(=O)c3ccc(Cl)cc3)cnc3ccccc23)C1. The molecule has 0 amide bonds. The summed E-state index contributed by atoms with van der Waals surface area (Å²) in [5.74, 6) is -0.542. The maximum Gasteiger partial charge on any atom is 0.310 e. The smallest absolute Gasteiger partial charge is 0.310 e. The van der Waals surface area contributed by atoms with Gasteiger partial charge in [-0.1, -0.05) is 29.8 Å². The predicted octanol–water partition coefficient (Wildman–Crippen LogP) is 4.50. The highest BCUT2D eigenvalue weighted by Crippen LogP contribution is 2.38. The van der Waals surface area contributed by atoms with Gasteiger partial charge in [0.2, 0.25) is 9.84 Å². The molecule has 2 aromatic carbocycles. The van der Waals surface area contributed by atoms with Crippen molar-refractivity contribution >= 4 is 44.0 Å². The lowest BCUT2D eigenvalue weighted by Gasteiger charge is -2.35. The van der Waals surface area contributed by atoms with E-state index in [1.807, 2.05) is 29.2 Å². The van der Waals surface area contributed by atoms with E-state index in [-0.39, 0.29) is 21.7 Å². The summed E-state index contributed by atoms with van der Waals surface area (Å²) in [7, 11) is -3.85. The lowest BCUT2D eigenvalue weighted by atomic mass is 9.97. The van der Waals surface area contributed by atoms with Crippen molar-refractivity contribution in [2.24, 2.45) is 5.92 Å². The minimum absolute atomic E-state index is 0.123. The molecule has 1 aromatic heterocycles. The van der Waals surface area contributed by atoms with Gasteiger partial charge >= 0.3 is 5.97 Å². The molecule has 2 heterocycles. The van der Waals surface area contributed by atoms with Gasteiger partial charge in [-0.25, -0.2) is 8.42 Å². The molecule has 1 atom stereocenters. The summed E-state index contributed by atoms with van der Waals surface area (Å²) < 4.78 is 32.4. The average Bonchev–Trinajstić information content (AvgIpc) is 2.79. The maximum absolute atomic E-state index is 13.6. The zero-order valence-electron chi connectivity index (χ0n) is 17.1. The van der Waals surface area contributed by atoms with Crippen LogP contribution in [0.2, 0.25) is 5.02 Å². The summed E-state index contributed by atoms with van der Waals surface area (Å²) >= 11 is 5.95. The van der Waals surface area contributed by atoms with Crippen molar-refractivity contribution in [1.29, 1.82) is 0 Å². The van der Waals surface area contributed by atoms with E-state index in [1.165, 1.54) is 18.3 Å². The monoisotopic (exact) mass is 458 g/mol. The summed E-state index contributed by atoms with van der Waals surface area (Å²) in [6.45, 7) is 3.15. The number of nitrogens with zero attached hydrogens (tertiary/aromatic N) is 2. The molecule has 0 N–H and O–H groups in total. The first kappa shape index (κ1) is 21.6. The molecule has 0 radical (unpaired) electrons. The Hall–Kier alpha value is -2.64. The van der Waals surface area contributed by atoms with Crippen LogP contribution in [0.25, 0.3) is 10.9 Å². The minimum atomic E-state index is -3.85. The third-order valence-corrected chi connectivity index (χ3v) is 7.51. The average molecular weight is 459 g/mol. The van der Waals surface area contributed by atoms with Gasteiger partial charge in [0.15, 0.2) is 0 Å². The zero-order chi connectivity index (χ0) is 22.0. The van der Waals surface area contributed by atoms with Crippen LogP contribution in [0.1, 0.15) is 19.8 Å². The van der Waals surface area contributed by atoms with Crippen molar-refractivity contribution in [1.82, 2.24) is 4.98 Å². The first-order valence-corrected chi connectivity index (χ1v) is 12.1. The molecule has 1 aliphatic rings. The number of hydrogen-bond acceptors (Lipinski definition) is 6. The number of sulfone groups is 1. The van der Waals surface area contributed by atoms with Crippen molar-refractivity contribution in [3.8, 4) is 0 Å². The molecule has 6 nitrogen and oxygen atoms in total. The van der Waals surface area contributed by atoms with Gasteiger partial charge in [0, 0.05) is 29.7 Å². The lowest BCUT2D eigenvalue weighted by molar-refractivity contribution is -0.148. The number of hydrogen-bond donors (Lipinski definition) is 0. The van der Waals surface area contributed by atoms with Crippen LogP contribution in [0, 0.1) is 5.92 Å². The number of fused-ring (bicyclic) bond motifs is 1. The van der Waals surface area contributed by atoms with Gasteiger partial charge in [-0.15, -0.1) is 0 Å². The fourth-order valence-corrected chi connectivity index (χ4v) is 5.56. The molecule has 31 heavy (non-hydrogen) atoms. The molecule has 3 aromatic rings. The van der Waals surface area contributed by atoms with Gasteiger partial charge in [-0.05, 0) is 50.1 Å². The second-order valence-corrected chi connectivity index (χ2v) is 9.84. The molecule has 1 unspecified atom stereocenters. The first-order valence-electron chi connectivity index (χ1n) is 10.2. The van der Waals surface area contributed by atoms with Crippen molar-refractivity contribution in [3.63, 3.8) is 0 Å². The number of aromatic nitrogens is 1. The second kappa shape index (κ2) is 8.85. The molecular formula is C23H23ClN2O4S. The van der Waals surface area contributed by atoms with Crippen LogP contribution in [0.3, 0.4) is 0 Å². The summed E-state index contributed by atoms with van der Waals surface area (Å²) in [5, 5.41) is 1.20. The summed E-state index contributed by atoms with van der Waals surface area (Å²) in [4.78, 5) is 19.0. The lowest BCUT2D eigenvalue weighted by Crippen LogP contribution is -2.40. The van der Waals surface area contributed by atoms with E-state index in [4.69, 9.17) is 16.3 Å². The molecule has 1 aliphatic heterocycles. The molecule has 162 valence electrons. The first-order chi connectivity index (χ1) is 14.9. The third-order valence-electron chi connectivity index (χ3n) is 5.48. The Morgan fingerprint density at radius 2 is 1.94 bits per heavy atom. The Balaban J connectivity index is 1.85. The fraction of sp³-hybridized carbons (Fsp3) is 0.304. The molecule has 1 saturated heterocycles. The number of carbonyl (C=O) groups is 1. The molecule has 0 saturated carbocycles. The summed E-state index contributed by atoms with van der Waals surface area (Å²) in [6.07, 6.45) is 2.90. The topological polar surface area (TPSA) is 76.6 Å². The highest BCUT2D eigenvalue weighted by molar-refractivity contribution is 7.91. The Morgan fingerprint density at radius 1 is 1.19 bits per heavy atom. The molecule has 0 bridgehead atoms. The quantitative estimate of drug-likeness (QED) is 0.524. The van der Waals surface area contributed by atoms with Crippen LogP contribution < -0.4 is 4.90 Å². The standard InChI is InChI=1S/C23H23ClN2O4S/c1-2-30-23(27)16-6-5-13-26(15-16)22-19-7-3-4-8-20(19)25-14-21(22)31(28,29)18-11-9-17(24)10-12-18/h3-4,7-12,14,16H,2,5-6,13,15H2,1H3. The van der Waals surface area contributed by atoms with Crippen molar-refractivity contribution in [2.45, 2.75) is 29.6 Å². The summed E-state index contributed by atoms with van der Waals surface area (Å²) in [6, 6.07) is 13.5. The number of para-hydroxylation sites is 1. The number of carbonyl (C=O) groups excluding carboxylic acids is 1. The maximum atomic E-state index is 13.6. The van der Waals surface area contributed by atoms with E-state index >= 15 is 0 Å². The van der Waals surface area contributed by atoms with Crippen LogP contribution >= 0.6 is 11.6 Å². The normalized spacial score (nSPS) is 17.0. The Morgan fingerprint density at radius 3 is 2.68 bits per heavy atom. The number of piperidine rings is 1. The van der Waals surface area contributed by atoms with E-state index in [0.717, 1.165) is 18.2 Å². The van der Waals surface area contributed by atoms with Crippen molar-refractivity contribution in [2.75, 3.05) is 24.6 Å². The molecule has 8 heteroatoms. The van der Waals surface area contributed by atoms with Gasteiger partial charge in [-0.2, -0.15) is 0 Å². The molecular weight excluding hydrogens is 436 g/mol. The number of halogens is 1. The molecule has 0 aliphatic carbocycles.